The van der Waals surface area contributed by atoms with E-state index >= 15 is 0 Å². The van der Waals surface area contributed by atoms with Gasteiger partial charge in [0, 0.05) is 12.6 Å². The SMILES string of the molecule is Cl.NCC(=O)NCC(=O)N1CCCC2CCCC21. The van der Waals surface area contributed by atoms with E-state index in [0.29, 0.717) is 12.0 Å². The molecule has 5 nitrogen and oxygen atoms in total. The zero-order valence-corrected chi connectivity index (χ0v) is 11.4. The summed E-state index contributed by atoms with van der Waals surface area (Å²) in [6, 6.07) is 0.422. The average molecular weight is 276 g/mol. The molecule has 1 aliphatic carbocycles. The number of piperidine rings is 1. The normalized spacial score (nSPS) is 26.2. The molecular formula is C12H22ClN3O2. The molecule has 1 saturated carbocycles. The van der Waals surface area contributed by atoms with Crippen LogP contribution in [0.5, 0.6) is 0 Å². The second-order valence-corrected chi connectivity index (χ2v) is 4.97. The van der Waals surface area contributed by atoms with Gasteiger partial charge in [0.1, 0.15) is 0 Å². The van der Waals surface area contributed by atoms with Crippen LogP contribution in [-0.4, -0.2) is 42.4 Å². The number of rotatable bonds is 3. The maximum atomic E-state index is 12.0. The van der Waals surface area contributed by atoms with Crippen molar-refractivity contribution in [1.29, 1.82) is 0 Å². The number of likely N-dealkylation sites (tertiary alicyclic amines) is 1. The van der Waals surface area contributed by atoms with E-state index in [9.17, 15) is 9.59 Å². The van der Waals surface area contributed by atoms with Crippen molar-refractivity contribution in [3.8, 4) is 0 Å². The van der Waals surface area contributed by atoms with Gasteiger partial charge in [0.15, 0.2) is 0 Å². The van der Waals surface area contributed by atoms with Crippen molar-refractivity contribution in [1.82, 2.24) is 10.2 Å². The molecule has 2 rings (SSSR count). The predicted octanol–water partition coefficient (Wildman–Crippen LogP) is 0.274. The van der Waals surface area contributed by atoms with Gasteiger partial charge in [-0.2, -0.15) is 0 Å². The Bertz CT molecular complexity index is 312. The number of amides is 2. The molecule has 0 bridgehead atoms. The molecule has 2 fully saturated rings. The summed E-state index contributed by atoms with van der Waals surface area (Å²) in [5.41, 5.74) is 5.19. The molecule has 0 aromatic heterocycles. The number of hydrogen-bond donors (Lipinski definition) is 2. The highest BCUT2D eigenvalue weighted by Crippen LogP contribution is 2.36. The number of nitrogens with zero attached hydrogens (tertiary/aromatic N) is 1. The lowest BCUT2D eigenvalue weighted by Crippen LogP contribution is -2.50. The fourth-order valence-corrected chi connectivity index (χ4v) is 3.11. The Labute approximate surface area is 114 Å². The summed E-state index contributed by atoms with van der Waals surface area (Å²) in [5, 5.41) is 2.55. The van der Waals surface area contributed by atoms with E-state index in [0.717, 1.165) is 19.4 Å². The van der Waals surface area contributed by atoms with Crippen molar-refractivity contribution in [2.75, 3.05) is 19.6 Å². The number of carbonyl (C=O) groups excluding carboxylic acids is 2. The Morgan fingerprint density at radius 2 is 1.94 bits per heavy atom. The van der Waals surface area contributed by atoms with Crippen LogP contribution in [0.3, 0.4) is 0 Å². The van der Waals surface area contributed by atoms with E-state index in [-0.39, 0.29) is 37.3 Å². The molecule has 6 heteroatoms. The van der Waals surface area contributed by atoms with Crippen molar-refractivity contribution in [2.45, 2.75) is 38.1 Å². The predicted molar refractivity (Wildman–Crippen MR) is 71.4 cm³/mol. The lowest BCUT2D eigenvalue weighted by Gasteiger charge is -2.37. The third-order valence-corrected chi connectivity index (χ3v) is 3.94. The first-order valence-corrected chi connectivity index (χ1v) is 6.48. The molecule has 0 aromatic rings. The van der Waals surface area contributed by atoms with Gasteiger partial charge in [-0.25, -0.2) is 0 Å². The first-order valence-electron chi connectivity index (χ1n) is 6.48. The molecule has 2 aliphatic rings. The molecule has 3 N–H and O–H groups in total. The minimum Gasteiger partial charge on any atom is -0.346 e. The van der Waals surface area contributed by atoms with Gasteiger partial charge in [-0.05, 0) is 31.6 Å². The maximum Gasteiger partial charge on any atom is 0.242 e. The first-order chi connectivity index (χ1) is 8.22. The van der Waals surface area contributed by atoms with Crippen LogP contribution in [0, 0.1) is 5.92 Å². The van der Waals surface area contributed by atoms with Gasteiger partial charge in [0.05, 0.1) is 13.1 Å². The number of fused-ring (bicyclic) bond motifs is 1. The highest BCUT2D eigenvalue weighted by atomic mass is 35.5. The number of halogens is 1. The van der Waals surface area contributed by atoms with Crippen molar-refractivity contribution in [2.24, 2.45) is 11.7 Å². The van der Waals surface area contributed by atoms with Crippen LogP contribution in [0.1, 0.15) is 32.1 Å². The Morgan fingerprint density at radius 3 is 2.67 bits per heavy atom. The van der Waals surface area contributed by atoms with E-state index in [1.54, 1.807) is 0 Å². The molecule has 1 aliphatic heterocycles. The molecule has 2 amide bonds. The van der Waals surface area contributed by atoms with Crippen LogP contribution >= 0.6 is 12.4 Å². The standard InChI is InChI=1S/C12H21N3O2.ClH/c13-7-11(16)14-8-12(17)15-6-2-4-9-3-1-5-10(9)15;/h9-10H,1-8,13H2,(H,14,16);1H. The zero-order chi connectivity index (χ0) is 12.3. The van der Waals surface area contributed by atoms with Gasteiger partial charge in [-0.3, -0.25) is 9.59 Å². The highest BCUT2D eigenvalue weighted by Gasteiger charge is 2.36. The van der Waals surface area contributed by atoms with Crippen LogP contribution < -0.4 is 11.1 Å². The fraction of sp³-hybridized carbons (Fsp3) is 0.833. The number of hydrogen-bond acceptors (Lipinski definition) is 3. The topological polar surface area (TPSA) is 75.4 Å². The molecule has 104 valence electrons. The quantitative estimate of drug-likeness (QED) is 0.777. The van der Waals surface area contributed by atoms with E-state index < -0.39 is 0 Å². The molecule has 1 saturated heterocycles. The molecule has 0 radical (unpaired) electrons. The lowest BCUT2D eigenvalue weighted by molar-refractivity contribution is -0.136. The molecule has 2 unspecified atom stereocenters. The molecule has 18 heavy (non-hydrogen) atoms. The minimum absolute atomic E-state index is 0. The Balaban J connectivity index is 0.00000162. The maximum absolute atomic E-state index is 12.0. The highest BCUT2D eigenvalue weighted by molar-refractivity contribution is 5.86. The van der Waals surface area contributed by atoms with Gasteiger partial charge in [-0.15, -0.1) is 12.4 Å². The first kappa shape index (κ1) is 15.2. The Hall–Kier alpha value is -0.810. The third kappa shape index (κ3) is 3.36. The van der Waals surface area contributed by atoms with Gasteiger partial charge in [-0.1, -0.05) is 6.42 Å². The average Bonchev–Trinajstić information content (AvgIpc) is 2.83. The second-order valence-electron chi connectivity index (χ2n) is 4.97. The molecule has 0 aromatic carbocycles. The second kappa shape index (κ2) is 6.95. The smallest absolute Gasteiger partial charge is 0.242 e. The van der Waals surface area contributed by atoms with Crippen molar-refractivity contribution in [3.05, 3.63) is 0 Å². The lowest BCUT2D eigenvalue weighted by atomic mass is 9.92. The van der Waals surface area contributed by atoms with Gasteiger partial charge < -0.3 is 16.0 Å². The number of nitrogens with one attached hydrogen (secondary N) is 1. The summed E-state index contributed by atoms with van der Waals surface area (Å²) in [5.74, 6) is 0.472. The minimum atomic E-state index is -0.265. The van der Waals surface area contributed by atoms with Gasteiger partial charge >= 0.3 is 0 Å². The Kier molecular flexibility index (Phi) is 5.88. The summed E-state index contributed by atoms with van der Waals surface area (Å²) in [6.45, 7) is 0.886. The van der Waals surface area contributed by atoms with E-state index in [2.05, 4.69) is 5.32 Å². The molecule has 0 spiro atoms. The van der Waals surface area contributed by atoms with Gasteiger partial charge in [0.25, 0.3) is 0 Å². The van der Waals surface area contributed by atoms with Crippen molar-refractivity contribution in [3.63, 3.8) is 0 Å². The van der Waals surface area contributed by atoms with Crippen LogP contribution in [-0.2, 0) is 9.59 Å². The van der Waals surface area contributed by atoms with Gasteiger partial charge in [0.2, 0.25) is 11.8 Å². The number of nitrogens with two attached hydrogens (primary N) is 1. The fourth-order valence-electron chi connectivity index (χ4n) is 3.11. The van der Waals surface area contributed by atoms with Crippen molar-refractivity contribution >= 4 is 24.2 Å². The summed E-state index contributed by atoms with van der Waals surface area (Å²) < 4.78 is 0. The van der Waals surface area contributed by atoms with Crippen LogP contribution in [0.2, 0.25) is 0 Å². The van der Waals surface area contributed by atoms with Crippen LogP contribution in [0.25, 0.3) is 0 Å². The largest absolute Gasteiger partial charge is 0.346 e. The summed E-state index contributed by atoms with van der Waals surface area (Å²) in [6.07, 6.45) is 5.96. The Morgan fingerprint density at radius 1 is 1.22 bits per heavy atom. The monoisotopic (exact) mass is 275 g/mol. The number of carbonyl (C=O) groups is 2. The summed E-state index contributed by atoms with van der Waals surface area (Å²) in [4.78, 5) is 25.0. The summed E-state index contributed by atoms with van der Waals surface area (Å²) in [7, 11) is 0. The van der Waals surface area contributed by atoms with Crippen molar-refractivity contribution < 1.29 is 9.59 Å². The van der Waals surface area contributed by atoms with Crippen LogP contribution in [0.4, 0.5) is 0 Å². The molecular weight excluding hydrogens is 254 g/mol. The zero-order valence-electron chi connectivity index (χ0n) is 10.6. The van der Waals surface area contributed by atoms with E-state index in [4.69, 9.17) is 5.73 Å². The molecule has 1 heterocycles. The summed E-state index contributed by atoms with van der Waals surface area (Å²) >= 11 is 0. The van der Waals surface area contributed by atoms with Crippen LogP contribution in [0.15, 0.2) is 0 Å². The van der Waals surface area contributed by atoms with E-state index in [1.807, 2.05) is 4.90 Å². The third-order valence-electron chi connectivity index (χ3n) is 3.94. The van der Waals surface area contributed by atoms with E-state index in [1.165, 1.54) is 19.3 Å². The molecule has 2 atom stereocenters.